The highest BCUT2D eigenvalue weighted by Gasteiger charge is 2.13. The van der Waals surface area contributed by atoms with Crippen molar-refractivity contribution in [3.8, 4) is 11.5 Å². The molecule has 0 aromatic heterocycles. The number of nitrogens with zero attached hydrogens (tertiary/aromatic N) is 1. The van der Waals surface area contributed by atoms with Crippen LogP contribution >= 0.6 is 0 Å². The highest BCUT2D eigenvalue weighted by Crippen LogP contribution is 2.32. The summed E-state index contributed by atoms with van der Waals surface area (Å²) in [5.74, 6) is 1.38. The molecule has 1 heterocycles. The summed E-state index contributed by atoms with van der Waals surface area (Å²) in [6.45, 7) is 5.26. The van der Waals surface area contributed by atoms with Gasteiger partial charge in [-0.2, -0.15) is 0 Å². The zero-order valence-corrected chi connectivity index (χ0v) is 14.5. The molecule has 2 aromatic carbocycles. The number of anilines is 1. The van der Waals surface area contributed by atoms with Crippen molar-refractivity contribution < 1.29 is 14.3 Å². The minimum absolute atomic E-state index is 0.0349. The number of hydrogen-bond donors (Lipinski definition) is 1. The summed E-state index contributed by atoms with van der Waals surface area (Å²) < 4.78 is 11.3. The molecule has 132 valence electrons. The number of amides is 1. The van der Waals surface area contributed by atoms with Gasteiger partial charge >= 0.3 is 0 Å². The fourth-order valence-electron chi connectivity index (χ4n) is 2.77. The summed E-state index contributed by atoms with van der Waals surface area (Å²) in [5, 5.41) is 2.95. The van der Waals surface area contributed by atoms with Gasteiger partial charge in [0.15, 0.2) is 11.5 Å². The maximum Gasteiger partial charge on any atom is 0.238 e. The summed E-state index contributed by atoms with van der Waals surface area (Å²) in [7, 11) is 0. The van der Waals surface area contributed by atoms with Crippen molar-refractivity contribution in [3.63, 3.8) is 0 Å². The lowest BCUT2D eigenvalue weighted by Gasteiger charge is -2.20. The van der Waals surface area contributed by atoms with Crippen molar-refractivity contribution in [2.24, 2.45) is 0 Å². The lowest BCUT2D eigenvalue weighted by atomic mass is 10.2. The van der Waals surface area contributed by atoms with E-state index >= 15 is 0 Å². The summed E-state index contributed by atoms with van der Waals surface area (Å²) >= 11 is 0. The highest BCUT2D eigenvalue weighted by molar-refractivity contribution is 5.92. The first-order chi connectivity index (χ1) is 12.2. The standard InChI is InChI=1S/C20H24N2O3/c1-2-22(14-16-7-4-3-5-8-16)15-20(23)21-17-9-10-18-19(13-17)25-12-6-11-24-18/h3-5,7-10,13H,2,6,11-12,14-15H2,1H3,(H,21,23). The zero-order chi connectivity index (χ0) is 17.5. The molecule has 0 unspecified atom stereocenters. The van der Waals surface area contributed by atoms with E-state index in [0.29, 0.717) is 25.5 Å². The van der Waals surface area contributed by atoms with Crippen LogP contribution in [0.2, 0.25) is 0 Å². The van der Waals surface area contributed by atoms with Crippen LogP contribution in [0.3, 0.4) is 0 Å². The quantitative estimate of drug-likeness (QED) is 0.876. The highest BCUT2D eigenvalue weighted by atomic mass is 16.5. The van der Waals surface area contributed by atoms with Gasteiger partial charge in [0.1, 0.15) is 0 Å². The molecule has 0 atom stereocenters. The maximum absolute atomic E-state index is 12.4. The van der Waals surface area contributed by atoms with Gasteiger partial charge in [-0.25, -0.2) is 0 Å². The zero-order valence-electron chi connectivity index (χ0n) is 14.5. The van der Waals surface area contributed by atoms with Crippen LogP contribution in [0.25, 0.3) is 0 Å². The van der Waals surface area contributed by atoms with E-state index in [1.165, 1.54) is 5.56 Å². The fourth-order valence-corrected chi connectivity index (χ4v) is 2.77. The first-order valence-electron chi connectivity index (χ1n) is 8.70. The average molecular weight is 340 g/mol. The average Bonchev–Trinajstić information content (AvgIpc) is 2.87. The van der Waals surface area contributed by atoms with Crippen LogP contribution in [0.1, 0.15) is 18.9 Å². The van der Waals surface area contributed by atoms with Gasteiger partial charge in [0.2, 0.25) is 5.91 Å². The predicted molar refractivity (Wildman–Crippen MR) is 98.1 cm³/mol. The van der Waals surface area contributed by atoms with Crippen LogP contribution in [-0.2, 0) is 11.3 Å². The van der Waals surface area contributed by atoms with Gasteiger partial charge in [-0.05, 0) is 24.2 Å². The number of carbonyl (C=O) groups excluding carboxylic acids is 1. The van der Waals surface area contributed by atoms with E-state index in [-0.39, 0.29) is 5.91 Å². The number of likely N-dealkylation sites (N-methyl/N-ethyl adjacent to an activating group) is 1. The van der Waals surface area contributed by atoms with Gasteiger partial charge in [0.25, 0.3) is 0 Å². The lowest BCUT2D eigenvalue weighted by molar-refractivity contribution is -0.117. The normalized spacial score (nSPS) is 13.4. The molecule has 1 N–H and O–H groups in total. The SMILES string of the molecule is CCN(CC(=O)Nc1ccc2c(c1)OCCCO2)Cc1ccccc1. The van der Waals surface area contributed by atoms with Gasteiger partial charge in [-0.1, -0.05) is 37.3 Å². The molecule has 0 fully saturated rings. The molecule has 2 aromatic rings. The molecule has 0 bridgehead atoms. The number of carbonyl (C=O) groups is 1. The number of ether oxygens (including phenoxy) is 2. The Bertz CT molecular complexity index is 703. The largest absolute Gasteiger partial charge is 0.490 e. The molecule has 0 saturated heterocycles. The van der Waals surface area contributed by atoms with E-state index in [4.69, 9.17) is 9.47 Å². The van der Waals surface area contributed by atoms with Crippen molar-refractivity contribution >= 4 is 11.6 Å². The van der Waals surface area contributed by atoms with E-state index in [1.807, 2.05) is 36.4 Å². The molecule has 5 heteroatoms. The molecule has 0 saturated carbocycles. The fraction of sp³-hybridized carbons (Fsp3) is 0.350. The number of nitrogens with one attached hydrogen (secondary N) is 1. The third-order valence-electron chi connectivity index (χ3n) is 4.09. The number of rotatable bonds is 6. The Morgan fingerprint density at radius 3 is 2.60 bits per heavy atom. The Labute approximate surface area is 148 Å². The van der Waals surface area contributed by atoms with Crippen molar-refractivity contribution in [1.29, 1.82) is 0 Å². The third-order valence-corrected chi connectivity index (χ3v) is 4.09. The van der Waals surface area contributed by atoms with Crippen LogP contribution in [0.4, 0.5) is 5.69 Å². The Morgan fingerprint density at radius 2 is 1.84 bits per heavy atom. The molecule has 5 nitrogen and oxygen atoms in total. The molecule has 1 aliphatic heterocycles. The Hall–Kier alpha value is -2.53. The second-order valence-corrected chi connectivity index (χ2v) is 6.05. The summed E-state index contributed by atoms with van der Waals surface area (Å²) in [6.07, 6.45) is 0.862. The van der Waals surface area contributed by atoms with Crippen molar-refractivity contribution in [1.82, 2.24) is 4.90 Å². The monoisotopic (exact) mass is 340 g/mol. The van der Waals surface area contributed by atoms with Crippen molar-refractivity contribution in [2.45, 2.75) is 19.9 Å². The Balaban J connectivity index is 1.58. The molecule has 0 radical (unpaired) electrons. The lowest BCUT2D eigenvalue weighted by Crippen LogP contribution is -2.32. The number of benzene rings is 2. The van der Waals surface area contributed by atoms with Crippen LogP contribution in [-0.4, -0.2) is 37.1 Å². The predicted octanol–water partition coefficient (Wildman–Crippen LogP) is 3.31. The summed E-state index contributed by atoms with van der Waals surface area (Å²) in [6, 6.07) is 15.7. The van der Waals surface area contributed by atoms with Gasteiger partial charge in [-0.3, -0.25) is 9.69 Å². The molecule has 0 aliphatic carbocycles. The van der Waals surface area contributed by atoms with Crippen LogP contribution in [0.15, 0.2) is 48.5 Å². The van der Waals surface area contributed by atoms with E-state index in [0.717, 1.165) is 30.9 Å². The smallest absolute Gasteiger partial charge is 0.238 e. The minimum atomic E-state index is -0.0349. The van der Waals surface area contributed by atoms with Gasteiger partial charge in [-0.15, -0.1) is 0 Å². The molecular weight excluding hydrogens is 316 g/mol. The minimum Gasteiger partial charge on any atom is -0.490 e. The number of fused-ring (bicyclic) bond motifs is 1. The molecule has 1 aliphatic rings. The second kappa shape index (κ2) is 8.53. The van der Waals surface area contributed by atoms with Gasteiger partial charge in [0.05, 0.1) is 19.8 Å². The van der Waals surface area contributed by atoms with E-state index in [2.05, 4.69) is 29.3 Å². The van der Waals surface area contributed by atoms with Gasteiger partial charge in [0, 0.05) is 24.7 Å². The van der Waals surface area contributed by atoms with Gasteiger partial charge < -0.3 is 14.8 Å². The molecular formula is C20H24N2O3. The van der Waals surface area contributed by atoms with Crippen molar-refractivity contribution in [3.05, 3.63) is 54.1 Å². The first-order valence-corrected chi connectivity index (χ1v) is 8.70. The molecule has 3 rings (SSSR count). The van der Waals surface area contributed by atoms with Crippen LogP contribution in [0.5, 0.6) is 11.5 Å². The summed E-state index contributed by atoms with van der Waals surface area (Å²) in [5.41, 5.74) is 1.93. The topological polar surface area (TPSA) is 50.8 Å². The third kappa shape index (κ3) is 4.97. The second-order valence-electron chi connectivity index (χ2n) is 6.05. The van der Waals surface area contributed by atoms with Crippen LogP contribution in [0, 0.1) is 0 Å². The van der Waals surface area contributed by atoms with E-state index in [9.17, 15) is 4.79 Å². The summed E-state index contributed by atoms with van der Waals surface area (Å²) in [4.78, 5) is 14.5. The molecule has 1 amide bonds. The Morgan fingerprint density at radius 1 is 1.08 bits per heavy atom. The Kier molecular flexibility index (Phi) is 5.90. The maximum atomic E-state index is 12.4. The first kappa shape index (κ1) is 17.3. The number of hydrogen-bond acceptors (Lipinski definition) is 4. The molecule has 0 spiro atoms. The van der Waals surface area contributed by atoms with E-state index < -0.39 is 0 Å². The van der Waals surface area contributed by atoms with Crippen molar-refractivity contribution in [2.75, 3.05) is 31.6 Å². The van der Waals surface area contributed by atoms with E-state index in [1.54, 1.807) is 0 Å². The molecule has 25 heavy (non-hydrogen) atoms. The van der Waals surface area contributed by atoms with Crippen LogP contribution < -0.4 is 14.8 Å².